The maximum atomic E-state index is 13.3. The van der Waals surface area contributed by atoms with Crippen LogP contribution in [-0.2, 0) is 11.3 Å². The standard InChI is InChI=1S/C21H24N4O2S/c1-2-17(24-11-8-18(26)22-10-12-24)19-23-20-16(9-13-28-20)21(27)25(19)14-15-6-4-3-5-7-15/h3-7,9,13,17H,2,8,10-12,14H2,1H3,(H,22,26). The van der Waals surface area contributed by atoms with Gasteiger partial charge in [0, 0.05) is 26.1 Å². The Morgan fingerprint density at radius 1 is 1.18 bits per heavy atom. The predicted molar refractivity (Wildman–Crippen MR) is 112 cm³/mol. The minimum atomic E-state index is -0.00406. The molecule has 146 valence electrons. The molecule has 28 heavy (non-hydrogen) atoms. The molecule has 4 rings (SSSR count). The summed E-state index contributed by atoms with van der Waals surface area (Å²) in [5.41, 5.74) is 1.08. The second-order valence-electron chi connectivity index (χ2n) is 7.05. The van der Waals surface area contributed by atoms with E-state index in [1.165, 1.54) is 11.3 Å². The van der Waals surface area contributed by atoms with Crippen LogP contribution in [0.4, 0.5) is 0 Å². The van der Waals surface area contributed by atoms with Gasteiger partial charge in [-0.2, -0.15) is 0 Å². The van der Waals surface area contributed by atoms with Gasteiger partial charge in [0.2, 0.25) is 5.91 Å². The normalized spacial score (nSPS) is 16.7. The first-order valence-corrected chi connectivity index (χ1v) is 10.6. The average molecular weight is 397 g/mol. The van der Waals surface area contributed by atoms with Gasteiger partial charge in [-0.3, -0.25) is 19.1 Å². The van der Waals surface area contributed by atoms with Crippen LogP contribution in [0.5, 0.6) is 0 Å². The van der Waals surface area contributed by atoms with Crippen LogP contribution in [0.25, 0.3) is 10.2 Å². The zero-order chi connectivity index (χ0) is 19.5. The van der Waals surface area contributed by atoms with Crippen molar-refractivity contribution in [2.75, 3.05) is 19.6 Å². The molecular formula is C21H24N4O2S. The third-order valence-corrected chi connectivity index (χ3v) is 6.08. The number of amides is 1. The summed E-state index contributed by atoms with van der Waals surface area (Å²) >= 11 is 1.50. The number of thiophene rings is 1. The van der Waals surface area contributed by atoms with Gasteiger partial charge in [-0.05, 0) is 23.4 Å². The number of benzene rings is 1. The fraction of sp³-hybridized carbons (Fsp3) is 0.381. The summed E-state index contributed by atoms with van der Waals surface area (Å²) in [6.45, 7) is 4.67. The van der Waals surface area contributed by atoms with Crippen LogP contribution < -0.4 is 10.9 Å². The Labute approximate surface area is 167 Å². The van der Waals surface area contributed by atoms with Crippen molar-refractivity contribution in [2.45, 2.75) is 32.4 Å². The van der Waals surface area contributed by atoms with E-state index in [9.17, 15) is 9.59 Å². The molecule has 6 nitrogen and oxygen atoms in total. The Morgan fingerprint density at radius 3 is 2.79 bits per heavy atom. The number of nitrogens with zero attached hydrogens (tertiary/aromatic N) is 3. The molecule has 2 aromatic heterocycles. The van der Waals surface area contributed by atoms with Crippen LogP contribution in [0.15, 0.2) is 46.6 Å². The number of carbonyl (C=O) groups excluding carboxylic acids is 1. The highest BCUT2D eigenvalue weighted by Crippen LogP contribution is 2.26. The van der Waals surface area contributed by atoms with Gasteiger partial charge in [-0.25, -0.2) is 4.98 Å². The van der Waals surface area contributed by atoms with Crippen molar-refractivity contribution in [3.05, 3.63) is 63.5 Å². The Hall–Kier alpha value is -2.51. The molecule has 1 saturated heterocycles. The van der Waals surface area contributed by atoms with Crippen molar-refractivity contribution in [2.24, 2.45) is 0 Å². The second kappa shape index (κ2) is 8.24. The van der Waals surface area contributed by atoms with Crippen molar-refractivity contribution in [3.8, 4) is 0 Å². The first kappa shape index (κ1) is 18.8. The molecule has 1 aliphatic rings. The van der Waals surface area contributed by atoms with Gasteiger partial charge >= 0.3 is 0 Å². The van der Waals surface area contributed by atoms with E-state index in [2.05, 4.69) is 17.1 Å². The van der Waals surface area contributed by atoms with Gasteiger partial charge in [0.25, 0.3) is 5.56 Å². The van der Waals surface area contributed by atoms with Crippen molar-refractivity contribution >= 4 is 27.5 Å². The van der Waals surface area contributed by atoms with Crippen molar-refractivity contribution in [1.29, 1.82) is 0 Å². The Bertz CT molecular complexity index is 1030. The van der Waals surface area contributed by atoms with Crippen molar-refractivity contribution < 1.29 is 4.79 Å². The fourth-order valence-corrected chi connectivity index (χ4v) is 4.60. The van der Waals surface area contributed by atoms with E-state index in [1.54, 1.807) is 0 Å². The lowest BCUT2D eigenvalue weighted by molar-refractivity contribution is -0.120. The van der Waals surface area contributed by atoms with Crippen LogP contribution in [0.1, 0.15) is 37.2 Å². The Morgan fingerprint density at radius 2 is 2.00 bits per heavy atom. The first-order valence-electron chi connectivity index (χ1n) is 9.70. The summed E-state index contributed by atoms with van der Waals surface area (Å²) in [6.07, 6.45) is 1.30. The van der Waals surface area contributed by atoms with Gasteiger partial charge in [0.15, 0.2) is 0 Å². The Balaban J connectivity index is 1.80. The van der Waals surface area contributed by atoms with E-state index in [-0.39, 0.29) is 17.5 Å². The monoisotopic (exact) mass is 396 g/mol. The summed E-state index contributed by atoms with van der Waals surface area (Å²) in [5, 5.41) is 5.52. The van der Waals surface area contributed by atoms with Crippen molar-refractivity contribution in [1.82, 2.24) is 19.8 Å². The summed E-state index contributed by atoms with van der Waals surface area (Å²) in [7, 11) is 0. The minimum Gasteiger partial charge on any atom is -0.355 e. The van der Waals surface area contributed by atoms with Crippen molar-refractivity contribution in [3.63, 3.8) is 0 Å². The van der Waals surface area contributed by atoms with E-state index in [0.29, 0.717) is 31.4 Å². The highest BCUT2D eigenvalue weighted by molar-refractivity contribution is 7.16. The lowest BCUT2D eigenvalue weighted by atomic mass is 10.1. The molecule has 0 saturated carbocycles. The number of hydrogen-bond acceptors (Lipinski definition) is 5. The molecule has 1 aliphatic heterocycles. The van der Waals surface area contributed by atoms with Crippen LogP contribution >= 0.6 is 11.3 Å². The lowest BCUT2D eigenvalue weighted by Gasteiger charge is -2.30. The van der Waals surface area contributed by atoms with Gasteiger partial charge in [0.05, 0.1) is 18.0 Å². The molecule has 7 heteroatoms. The smallest absolute Gasteiger partial charge is 0.262 e. The first-order chi connectivity index (χ1) is 13.7. The highest BCUT2D eigenvalue weighted by atomic mass is 32.1. The van der Waals surface area contributed by atoms with E-state index in [4.69, 9.17) is 4.98 Å². The zero-order valence-electron chi connectivity index (χ0n) is 15.9. The van der Waals surface area contributed by atoms with E-state index >= 15 is 0 Å². The third-order valence-electron chi connectivity index (χ3n) is 5.27. The summed E-state index contributed by atoms with van der Waals surface area (Å²) in [6, 6.07) is 11.9. The largest absolute Gasteiger partial charge is 0.355 e. The van der Waals surface area contributed by atoms with E-state index in [1.807, 2.05) is 46.3 Å². The zero-order valence-corrected chi connectivity index (χ0v) is 16.7. The molecule has 1 atom stereocenters. The van der Waals surface area contributed by atoms with Gasteiger partial charge < -0.3 is 5.32 Å². The quantitative estimate of drug-likeness (QED) is 0.720. The van der Waals surface area contributed by atoms with Crippen LogP contribution in [0.3, 0.4) is 0 Å². The molecule has 0 spiro atoms. The molecule has 0 aliphatic carbocycles. The van der Waals surface area contributed by atoms with Gasteiger partial charge in [-0.1, -0.05) is 37.3 Å². The minimum absolute atomic E-state index is 0.00406. The maximum absolute atomic E-state index is 13.3. The molecule has 1 N–H and O–H groups in total. The molecule has 1 aromatic carbocycles. The summed E-state index contributed by atoms with van der Waals surface area (Å²) in [5.74, 6) is 0.876. The van der Waals surface area contributed by atoms with E-state index in [0.717, 1.165) is 29.2 Å². The predicted octanol–water partition coefficient (Wildman–Crippen LogP) is 2.78. The molecule has 1 amide bonds. The molecule has 3 aromatic rings. The van der Waals surface area contributed by atoms with Gasteiger partial charge in [0.1, 0.15) is 10.7 Å². The molecule has 3 heterocycles. The molecule has 1 fully saturated rings. The number of aromatic nitrogens is 2. The highest BCUT2D eigenvalue weighted by Gasteiger charge is 2.27. The number of hydrogen-bond donors (Lipinski definition) is 1. The lowest BCUT2D eigenvalue weighted by Crippen LogP contribution is -2.37. The van der Waals surface area contributed by atoms with Crippen LogP contribution in [0, 0.1) is 0 Å². The average Bonchev–Trinajstić information content (AvgIpc) is 3.08. The third kappa shape index (κ3) is 3.72. The van der Waals surface area contributed by atoms with E-state index < -0.39 is 0 Å². The maximum Gasteiger partial charge on any atom is 0.262 e. The number of fused-ring (bicyclic) bond motifs is 1. The number of carbonyl (C=O) groups is 1. The SMILES string of the molecule is CCC(c1nc2sccc2c(=O)n1Cc1ccccc1)N1CCNC(=O)CC1. The molecule has 0 radical (unpaired) electrons. The van der Waals surface area contributed by atoms with Crippen LogP contribution in [0.2, 0.25) is 0 Å². The Kier molecular flexibility index (Phi) is 5.54. The topological polar surface area (TPSA) is 67.2 Å². The second-order valence-corrected chi connectivity index (χ2v) is 7.94. The molecule has 1 unspecified atom stereocenters. The van der Waals surface area contributed by atoms with Crippen LogP contribution in [-0.4, -0.2) is 40.0 Å². The summed E-state index contributed by atoms with van der Waals surface area (Å²) < 4.78 is 1.82. The van der Waals surface area contributed by atoms with Gasteiger partial charge in [-0.15, -0.1) is 11.3 Å². The number of nitrogens with one attached hydrogen (secondary N) is 1. The molecule has 0 bridgehead atoms. The fourth-order valence-electron chi connectivity index (χ4n) is 3.84. The molecular weight excluding hydrogens is 372 g/mol. The summed E-state index contributed by atoms with van der Waals surface area (Å²) in [4.78, 5) is 33.0. The number of rotatable bonds is 5.